The van der Waals surface area contributed by atoms with Crippen LogP contribution in [0.2, 0.25) is 0 Å². The highest BCUT2D eigenvalue weighted by Gasteiger charge is 2.42. The van der Waals surface area contributed by atoms with Crippen LogP contribution in [0.15, 0.2) is 22.7 Å². The Labute approximate surface area is 113 Å². The topological polar surface area (TPSA) is 53.1 Å². The summed E-state index contributed by atoms with van der Waals surface area (Å²) in [5.74, 6) is 0.601. The van der Waals surface area contributed by atoms with Gasteiger partial charge in [0, 0.05) is 4.47 Å². The van der Waals surface area contributed by atoms with Gasteiger partial charge in [-0.1, -0.05) is 15.9 Å². The van der Waals surface area contributed by atoms with E-state index < -0.39 is 0 Å². The van der Waals surface area contributed by atoms with E-state index in [1.54, 1.807) is 0 Å². The van der Waals surface area contributed by atoms with Crippen LogP contribution >= 0.6 is 15.9 Å². The Morgan fingerprint density at radius 3 is 3.00 bits per heavy atom. The summed E-state index contributed by atoms with van der Waals surface area (Å²) in [5.41, 5.74) is 8.15. The second-order valence-electron chi connectivity index (χ2n) is 5.15. The van der Waals surface area contributed by atoms with Gasteiger partial charge in [0.2, 0.25) is 5.95 Å². The lowest BCUT2D eigenvalue weighted by Crippen LogP contribution is -2.22. The molecule has 2 saturated heterocycles. The van der Waals surface area contributed by atoms with Crippen LogP contribution in [0.3, 0.4) is 0 Å². The van der Waals surface area contributed by atoms with E-state index in [9.17, 15) is 0 Å². The van der Waals surface area contributed by atoms with Gasteiger partial charge in [0.05, 0.1) is 29.3 Å². The van der Waals surface area contributed by atoms with Gasteiger partial charge in [-0.25, -0.2) is 4.98 Å². The summed E-state index contributed by atoms with van der Waals surface area (Å²) in [6.45, 7) is 0. The number of anilines is 1. The van der Waals surface area contributed by atoms with Crippen molar-refractivity contribution in [3.63, 3.8) is 0 Å². The Balaban J connectivity index is 1.88. The summed E-state index contributed by atoms with van der Waals surface area (Å²) in [4.78, 5) is 4.45. The van der Waals surface area contributed by atoms with E-state index in [0.717, 1.165) is 28.3 Å². The van der Waals surface area contributed by atoms with Gasteiger partial charge < -0.3 is 15.0 Å². The maximum Gasteiger partial charge on any atom is 0.201 e. The predicted octanol–water partition coefficient (Wildman–Crippen LogP) is 2.87. The summed E-state index contributed by atoms with van der Waals surface area (Å²) in [6, 6.07) is 6.43. The molecule has 2 aliphatic heterocycles. The van der Waals surface area contributed by atoms with Crippen LogP contribution < -0.4 is 5.73 Å². The molecule has 1 aromatic carbocycles. The second kappa shape index (κ2) is 3.71. The fourth-order valence-corrected chi connectivity index (χ4v) is 3.67. The first-order valence-electron chi connectivity index (χ1n) is 6.31. The van der Waals surface area contributed by atoms with Crippen LogP contribution in [0, 0.1) is 0 Å². The zero-order valence-electron chi connectivity index (χ0n) is 9.84. The molecule has 3 atom stereocenters. The number of imidazole rings is 1. The van der Waals surface area contributed by atoms with Crippen molar-refractivity contribution in [1.29, 1.82) is 0 Å². The number of nitrogen functional groups attached to an aromatic ring is 1. The minimum absolute atomic E-state index is 0.314. The molecule has 18 heavy (non-hydrogen) atoms. The van der Waals surface area contributed by atoms with E-state index >= 15 is 0 Å². The molecule has 2 N–H and O–H groups in total. The normalized spacial score (nSPS) is 30.4. The smallest absolute Gasteiger partial charge is 0.201 e. The first-order chi connectivity index (χ1) is 8.72. The zero-order valence-corrected chi connectivity index (χ0v) is 11.4. The highest BCUT2D eigenvalue weighted by Crippen LogP contribution is 2.44. The molecule has 0 saturated carbocycles. The number of hydrogen-bond acceptors (Lipinski definition) is 3. The third-order valence-corrected chi connectivity index (χ3v) is 4.58. The molecule has 5 heteroatoms. The van der Waals surface area contributed by atoms with E-state index in [-0.39, 0.29) is 0 Å². The number of ether oxygens (including phenoxy) is 1. The van der Waals surface area contributed by atoms with Crippen LogP contribution in [0.25, 0.3) is 11.0 Å². The van der Waals surface area contributed by atoms with E-state index in [4.69, 9.17) is 10.5 Å². The summed E-state index contributed by atoms with van der Waals surface area (Å²) in [6.07, 6.45) is 4.13. The summed E-state index contributed by atoms with van der Waals surface area (Å²) < 4.78 is 9.14. The molecule has 94 valence electrons. The van der Waals surface area contributed by atoms with E-state index in [1.165, 1.54) is 6.42 Å². The molecular weight excluding hydrogens is 294 g/mol. The number of halogens is 1. The van der Waals surface area contributed by atoms with Crippen molar-refractivity contribution in [2.75, 3.05) is 5.73 Å². The number of hydrogen-bond donors (Lipinski definition) is 1. The Bertz CT molecular complexity index is 624. The molecule has 4 nitrogen and oxygen atoms in total. The maximum atomic E-state index is 6.10. The first-order valence-corrected chi connectivity index (χ1v) is 7.10. The molecule has 0 amide bonds. The number of benzene rings is 1. The van der Waals surface area contributed by atoms with Gasteiger partial charge in [-0.2, -0.15) is 0 Å². The molecule has 2 bridgehead atoms. The molecular formula is C13H14BrN3O. The molecule has 0 radical (unpaired) electrons. The molecule has 2 fully saturated rings. The Morgan fingerprint density at radius 1 is 1.39 bits per heavy atom. The first kappa shape index (κ1) is 10.8. The Hall–Kier alpha value is -1.07. The number of rotatable bonds is 1. The number of fused-ring (bicyclic) bond motifs is 3. The van der Waals surface area contributed by atoms with Crippen molar-refractivity contribution in [2.45, 2.75) is 37.5 Å². The van der Waals surface area contributed by atoms with Gasteiger partial charge in [0.25, 0.3) is 0 Å². The lowest BCUT2D eigenvalue weighted by molar-refractivity contribution is 0.0945. The lowest BCUT2D eigenvalue weighted by Gasteiger charge is -2.22. The predicted molar refractivity (Wildman–Crippen MR) is 73.4 cm³/mol. The minimum atomic E-state index is 0.314. The molecule has 4 rings (SSSR count). The lowest BCUT2D eigenvalue weighted by atomic mass is 9.95. The van der Waals surface area contributed by atoms with Gasteiger partial charge in [-0.3, -0.25) is 0 Å². The minimum Gasteiger partial charge on any atom is -0.373 e. The van der Waals surface area contributed by atoms with Crippen molar-refractivity contribution >= 4 is 32.9 Å². The monoisotopic (exact) mass is 307 g/mol. The van der Waals surface area contributed by atoms with Crippen molar-refractivity contribution in [3.8, 4) is 0 Å². The third-order valence-electron chi connectivity index (χ3n) is 4.08. The average Bonchev–Trinajstić information content (AvgIpc) is 3.01. The van der Waals surface area contributed by atoms with Gasteiger partial charge in [-0.15, -0.1) is 0 Å². The average molecular weight is 308 g/mol. The number of aromatic nitrogens is 2. The van der Waals surface area contributed by atoms with Crippen LogP contribution in [0.4, 0.5) is 5.95 Å². The molecule has 3 heterocycles. The van der Waals surface area contributed by atoms with Gasteiger partial charge in [-0.05, 0) is 37.5 Å². The van der Waals surface area contributed by atoms with Gasteiger partial charge in [0.1, 0.15) is 0 Å². The van der Waals surface area contributed by atoms with Crippen LogP contribution in [-0.4, -0.2) is 21.8 Å². The van der Waals surface area contributed by atoms with Gasteiger partial charge in [0.15, 0.2) is 0 Å². The van der Waals surface area contributed by atoms with Crippen LogP contribution in [-0.2, 0) is 4.74 Å². The van der Waals surface area contributed by atoms with Crippen molar-refractivity contribution in [3.05, 3.63) is 22.7 Å². The Morgan fingerprint density at radius 2 is 2.28 bits per heavy atom. The number of nitrogens with two attached hydrogens (primary N) is 1. The fourth-order valence-electron chi connectivity index (χ4n) is 3.32. The maximum absolute atomic E-state index is 6.10. The zero-order chi connectivity index (χ0) is 12.3. The molecule has 1 aromatic heterocycles. The summed E-state index contributed by atoms with van der Waals surface area (Å²) in [5, 5.41) is 0. The van der Waals surface area contributed by atoms with Crippen molar-refractivity contribution < 1.29 is 4.74 Å². The standard InChI is InChI=1S/C13H14BrN3O/c14-7-1-3-9-10(5-7)17(13(15)16-9)11-6-8-2-4-12(11)18-8/h1,3,5,8,11-12H,2,4,6H2,(H2,15,16). The third kappa shape index (κ3) is 1.44. The van der Waals surface area contributed by atoms with Crippen molar-refractivity contribution in [2.24, 2.45) is 0 Å². The molecule has 2 aromatic rings. The Kier molecular flexibility index (Phi) is 2.23. The van der Waals surface area contributed by atoms with Gasteiger partial charge >= 0.3 is 0 Å². The van der Waals surface area contributed by atoms with E-state index in [0.29, 0.717) is 24.2 Å². The molecule has 3 unspecified atom stereocenters. The molecule has 2 aliphatic rings. The molecule has 0 aliphatic carbocycles. The SMILES string of the molecule is Nc1nc2ccc(Br)cc2n1C1CC2CCC1O2. The highest BCUT2D eigenvalue weighted by atomic mass is 79.9. The fraction of sp³-hybridized carbons (Fsp3) is 0.462. The van der Waals surface area contributed by atoms with E-state index in [2.05, 4.69) is 31.5 Å². The quantitative estimate of drug-likeness (QED) is 0.881. The number of nitrogens with zero attached hydrogens (tertiary/aromatic N) is 2. The van der Waals surface area contributed by atoms with Crippen LogP contribution in [0.5, 0.6) is 0 Å². The second-order valence-corrected chi connectivity index (χ2v) is 6.07. The van der Waals surface area contributed by atoms with Crippen molar-refractivity contribution in [1.82, 2.24) is 9.55 Å². The largest absolute Gasteiger partial charge is 0.373 e. The van der Waals surface area contributed by atoms with E-state index in [1.807, 2.05) is 12.1 Å². The summed E-state index contributed by atoms with van der Waals surface area (Å²) >= 11 is 3.51. The summed E-state index contributed by atoms with van der Waals surface area (Å²) in [7, 11) is 0. The molecule has 0 spiro atoms. The highest BCUT2D eigenvalue weighted by molar-refractivity contribution is 9.10. The van der Waals surface area contributed by atoms with Crippen LogP contribution in [0.1, 0.15) is 25.3 Å².